The molecule has 3 heterocycles. The van der Waals surface area contributed by atoms with Gasteiger partial charge in [0.05, 0.1) is 12.2 Å². The average Bonchev–Trinajstić information content (AvgIpc) is 3.37. The largest absolute Gasteiger partial charge is 0.331 e. The van der Waals surface area contributed by atoms with Crippen LogP contribution >= 0.6 is 0 Å². The van der Waals surface area contributed by atoms with E-state index in [-0.39, 0.29) is 11.8 Å². The molecular formula is C19H22FN7O. The van der Waals surface area contributed by atoms with E-state index in [1.807, 2.05) is 11.5 Å². The Morgan fingerprint density at radius 1 is 1.25 bits per heavy atom. The number of fused-ring (bicyclic) bond motifs is 1. The number of amides is 2. The van der Waals surface area contributed by atoms with Gasteiger partial charge < -0.3 is 9.88 Å². The van der Waals surface area contributed by atoms with Crippen LogP contribution in [-0.2, 0) is 33.0 Å². The third-order valence-corrected chi connectivity index (χ3v) is 4.91. The van der Waals surface area contributed by atoms with Crippen molar-refractivity contribution < 1.29 is 9.18 Å². The zero-order chi connectivity index (χ0) is 19.7. The van der Waals surface area contributed by atoms with E-state index in [1.165, 1.54) is 12.1 Å². The van der Waals surface area contributed by atoms with Gasteiger partial charge >= 0.3 is 6.03 Å². The van der Waals surface area contributed by atoms with Gasteiger partial charge in [-0.3, -0.25) is 10.00 Å². The van der Waals surface area contributed by atoms with Gasteiger partial charge in [-0.2, -0.15) is 5.10 Å². The summed E-state index contributed by atoms with van der Waals surface area (Å²) in [6, 6.07) is 5.82. The van der Waals surface area contributed by atoms with Crippen LogP contribution in [0.3, 0.4) is 0 Å². The van der Waals surface area contributed by atoms with Crippen molar-refractivity contribution >= 4 is 11.8 Å². The minimum atomic E-state index is -0.357. The van der Waals surface area contributed by atoms with Gasteiger partial charge in [0.25, 0.3) is 0 Å². The van der Waals surface area contributed by atoms with Gasteiger partial charge in [-0.25, -0.2) is 9.18 Å². The highest BCUT2D eigenvalue weighted by molar-refractivity contribution is 5.93. The van der Waals surface area contributed by atoms with Crippen LogP contribution in [0.5, 0.6) is 0 Å². The molecule has 1 aromatic carbocycles. The number of rotatable bonds is 5. The van der Waals surface area contributed by atoms with Crippen LogP contribution in [-0.4, -0.2) is 30.6 Å². The molecule has 0 spiro atoms. The molecule has 8 nitrogen and oxygen atoms in total. The van der Waals surface area contributed by atoms with E-state index in [2.05, 4.69) is 25.9 Å². The first kappa shape index (κ1) is 18.1. The molecule has 2 N–H and O–H groups in total. The fourth-order valence-corrected chi connectivity index (χ4v) is 3.54. The summed E-state index contributed by atoms with van der Waals surface area (Å²) in [7, 11) is 1.77. The second-order valence-corrected chi connectivity index (χ2v) is 6.75. The fraction of sp³-hybridized carbons (Fsp3) is 0.368. The second kappa shape index (κ2) is 7.41. The standard InChI is InChI=1S/C19H22FN7O/c1-3-14-17(12-6-8-13(20)9-7-12)18(26(2)25-14)22-19(28)21-11-16-24-23-15-5-4-10-27(15)16/h6-9H,3-5,10-11H2,1-2H3,(H2,21,22,28). The number of anilines is 1. The highest BCUT2D eigenvalue weighted by Gasteiger charge is 2.20. The quantitative estimate of drug-likeness (QED) is 0.709. The molecule has 2 amide bonds. The van der Waals surface area contributed by atoms with Gasteiger partial charge in [0.2, 0.25) is 0 Å². The lowest BCUT2D eigenvalue weighted by atomic mass is 10.0. The molecule has 0 saturated heterocycles. The Hall–Kier alpha value is -3.23. The van der Waals surface area contributed by atoms with E-state index >= 15 is 0 Å². The minimum absolute atomic E-state index is 0.295. The Bertz CT molecular complexity index is 1010. The number of hydrogen-bond acceptors (Lipinski definition) is 4. The van der Waals surface area contributed by atoms with Crippen molar-refractivity contribution in [3.8, 4) is 11.1 Å². The van der Waals surface area contributed by atoms with Gasteiger partial charge in [-0.1, -0.05) is 19.1 Å². The van der Waals surface area contributed by atoms with Crippen LogP contribution in [0.4, 0.5) is 15.0 Å². The number of benzene rings is 1. The molecular weight excluding hydrogens is 361 g/mol. The highest BCUT2D eigenvalue weighted by atomic mass is 19.1. The predicted octanol–water partition coefficient (Wildman–Crippen LogP) is 2.65. The van der Waals surface area contributed by atoms with Gasteiger partial charge in [0, 0.05) is 25.6 Å². The van der Waals surface area contributed by atoms with Crippen LogP contribution < -0.4 is 10.6 Å². The lowest BCUT2D eigenvalue weighted by Gasteiger charge is -2.11. The first-order valence-electron chi connectivity index (χ1n) is 9.34. The summed E-state index contributed by atoms with van der Waals surface area (Å²) >= 11 is 0. The molecule has 0 fully saturated rings. The Balaban J connectivity index is 1.53. The molecule has 0 radical (unpaired) electrons. The first-order valence-corrected chi connectivity index (χ1v) is 9.34. The number of nitrogens with zero attached hydrogens (tertiary/aromatic N) is 5. The van der Waals surface area contributed by atoms with E-state index in [0.29, 0.717) is 18.8 Å². The SMILES string of the molecule is CCc1nn(C)c(NC(=O)NCc2nnc3n2CCC3)c1-c1ccc(F)cc1. The molecule has 0 bridgehead atoms. The number of carbonyl (C=O) groups excluding carboxylic acids is 1. The lowest BCUT2D eigenvalue weighted by molar-refractivity contribution is 0.251. The molecule has 9 heteroatoms. The number of urea groups is 1. The highest BCUT2D eigenvalue weighted by Crippen LogP contribution is 2.32. The minimum Gasteiger partial charge on any atom is -0.331 e. The molecule has 2 aromatic heterocycles. The fourth-order valence-electron chi connectivity index (χ4n) is 3.54. The second-order valence-electron chi connectivity index (χ2n) is 6.75. The van der Waals surface area contributed by atoms with Gasteiger partial charge in [-0.05, 0) is 30.5 Å². The van der Waals surface area contributed by atoms with Crippen LogP contribution in [0.15, 0.2) is 24.3 Å². The maximum atomic E-state index is 13.3. The normalized spacial score (nSPS) is 12.8. The van der Waals surface area contributed by atoms with Crippen molar-refractivity contribution in [3.63, 3.8) is 0 Å². The number of carbonyl (C=O) groups is 1. The monoisotopic (exact) mass is 383 g/mol. The van der Waals surface area contributed by atoms with Crippen LogP contribution in [0.1, 0.15) is 30.7 Å². The summed E-state index contributed by atoms with van der Waals surface area (Å²) in [6.07, 6.45) is 2.67. The summed E-state index contributed by atoms with van der Waals surface area (Å²) < 4.78 is 17.0. The van der Waals surface area contributed by atoms with E-state index in [0.717, 1.165) is 47.9 Å². The Kier molecular flexibility index (Phi) is 4.81. The number of aryl methyl sites for hydroxylation is 3. The maximum Gasteiger partial charge on any atom is 0.320 e. The van der Waals surface area contributed by atoms with Crippen LogP contribution in [0.25, 0.3) is 11.1 Å². The summed E-state index contributed by atoms with van der Waals surface area (Å²) in [5, 5.41) is 18.5. The van der Waals surface area contributed by atoms with Crippen molar-refractivity contribution in [3.05, 3.63) is 47.4 Å². The smallest absolute Gasteiger partial charge is 0.320 e. The predicted molar refractivity (Wildman–Crippen MR) is 102 cm³/mol. The average molecular weight is 383 g/mol. The molecule has 1 aliphatic rings. The topological polar surface area (TPSA) is 89.7 Å². The Morgan fingerprint density at radius 2 is 2.04 bits per heavy atom. The number of halogens is 1. The van der Waals surface area contributed by atoms with E-state index < -0.39 is 0 Å². The maximum absolute atomic E-state index is 13.3. The molecule has 146 valence electrons. The lowest BCUT2D eigenvalue weighted by Crippen LogP contribution is -2.30. The molecule has 28 heavy (non-hydrogen) atoms. The summed E-state index contributed by atoms with van der Waals surface area (Å²) in [5.74, 6) is 1.97. The molecule has 0 unspecified atom stereocenters. The zero-order valence-corrected chi connectivity index (χ0v) is 15.9. The summed E-state index contributed by atoms with van der Waals surface area (Å²) in [5.41, 5.74) is 2.43. The summed E-state index contributed by atoms with van der Waals surface area (Å²) in [6.45, 7) is 3.17. The third kappa shape index (κ3) is 3.35. The summed E-state index contributed by atoms with van der Waals surface area (Å²) in [4.78, 5) is 12.5. The van der Waals surface area contributed by atoms with Crippen molar-refractivity contribution in [2.24, 2.45) is 7.05 Å². The van der Waals surface area contributed by atoms with E-state index in [1.54, 1.807) is 23.9 Å². The van der Waals surface area contributed by atoms with Crippen molar-refractivity contribution in [1.29, 1.82) is 0 Å². The van der Waals surface area contributed by atoms with Crippen molar-refractivity contribution in [1.82, 2.24) is 29.9 Å². The number of hydrogen-bond donors (Lipinski definition) is 2. The molecule has 3 aromatic rings. The van der Waals surface area contributed by atoms with E-state index in [4.69, 9.17) is 0 Å². The van der Waals surface area contributed by atoms with Crippen LogP contribution in [0.2, 0.25) is 0 Å². The van der Waals surface area contributed by atoms with Gasteiger partial charge in [-0.15, -0.1) is 10.2 Å². The molecule has 0 saturated carbocycles. The molecule has 4 rings (SSSR count). The Morgan fingerprint density at radius 3 is 2.79 bits per heavy atom. The third-order valence-electron chi connectivity index (χ3n) is 4.91. The van der Waals surface area contributed by atoms with E-state index in [9.17, 15) is 9.18 Å². The number of nitrogens with one attached hydrogen (secondary N) is 2. The van der Waals surface area contributed by atoms with Crippen molar-refractivity contribution in [2.75, 3.05) is 5.32 Å². The molecule has 1 aliphatic heterocycles. The Labute approximate surface area is 161 Å². The first-order chi connectivity index (χ1) is 13.6. The zero-order valence-electron chi connectivity index (χ0n) is 15.9. The van der Waals surface area contributed by atoms with Gasteiger partial charge in [0.15, 0.2) is 5.82 Å². The molecule has 0 aliphatic carbocycles. The number of aromatic nitrogens is 5. The van der Waals surface area contributed by atoms with Crippen molar-refractivity contribution in [2.45, 2.75) is 39.3 Å². The molecule has 0 atom stereocenters. The van der Waals surface area contributed by atoms with Crippen LogP contribution in [0, 0.1) is 5.82 Å². The van der Waals surface area contributed by atoms with Gasteiger partial charge in [0.1, 0.15) is 17.5 Å².